The molecule has 0 saturated heterocycles. The van der Waals surface area contributed by atoms with Gasteiger partial charge in [0.15, 0.2) is 0 Å². The molecular formula is C16H26FNS. The van der Waals surface area contributed by atoms with Crippen LogP contribution in [0.15, 0.2) is 23.1 Å². The molecule has 1 rings (SSSR count). The molecule has 3 heteroatoms. The van der Waals surface area contributed by atoms with Gasteiger partial charge in [0, 0.05) is 10.9 Å². The SMILES string of the molecule is CCCCCSc1ccc(F)cc1C(C)NCCC. The molecule has 0 fully saturated rings. The fourth-order valence-corrected chi connectivity index (χ4v) is 3.13. The zero-order valence-electron chi connectivity index (χ0n) is 12.3. The summed E-state index contributed by atoms with van der Waals surface area (Å²) in [6.07, 6.45) is 4.84. The number of nitrogens with one attached hydrogen (secondary N) is 1. The zero-order valence-corrected chi connectivity index (χ0v) is 13.2. The van der Waals surface area contributed by atoms with E-state index in [1.54, 1.807) is 12.1 Å². The van der Waals surface area contributed by atoms with Crippen molar-refractivity contribution in [2.75, 3.05) is 12.3 Å². The molecule has 0 aliphatic heterocycles. The first-order chi connectivity index (χ1) is 9.19. The number of hydrogen-bond donors (Lipinski definition) is 1. The van der Waals surface area contributed by atoms with E-state index in [0.29, 0.717) is 0 Å². The Hall–Kier alpha value is -0.540. The molecule has 19 heavy (non-hydrogen) atoms. The summed E-state index contributed by atoms with van der Waals surface area (Å²) < 4.78 is 13.4. The Kier molecular flexibility index (Phi) is 8.15. The summed E-state index contributed by atoms with van der Waals surface area (Å²) in [7, 11) is 0. The van der Waals surface area contributed by atoms with Gasteiger partial charge in [0.05, 0.1) is 0 Å². The van der Waals surface area contributed by atoms with Gasteiger partial charge in [0.1, 0.15) is 5.82 Å². The molecule has 0 bridgehead atoms. The molecule has 0 spiro atoms. The van der Waals surface area contributed by atoms with Gasteiger partial charge in [-0.2, -0.15) is 0 Å². The maximum atomic E-state index is 13.4. The van der Waals surface area contributed by atoms with Gasteiger partial charge in [-0.05, 0) is 55.8 Å². The van der Waals surface area contributed by atoms with Crippen LogP contribution in [0.2, 0.25) is 0 Å². The molecule has 1 atom stereocenters. The predicted octanol–water partition coefficient (Wildman–Crippen LogP) is 5.17. The van der Waals surface area contributed by atoms with Crippen LogP contribution in [0.5, 0.6) is 0 Å². The van der Waals surface area contributed by atoms with E-state index >= 15 is 0 Å². The zero-order chi connectivity index (χ0) is 14.1. The Balaban J connectivity index is 2.67. The van der Waals surface area contributed by atoms with E-state index < -0.39 is 0 Å². The normalized spacial score (nSPS) is 12.6. The van der Waals surface area contributed by atoms with E-state index in [1.807, 2.05) is 17.8 Å². The van der Waals surface area contributed by atoms with Crippen LogP contribution < -0.4 is 5.32 Å². The van der Waals surface area contributed by atoms with E-state index in [4.69, 9.17) is 0 Å². The minimum atomic E-state index is -0.141. The first-order valence-corrected chi connectivity index (χ1v) is 8.33. The Morgan fingerprint density at radius 3 is 2.68 bits per heavy atom. The monoisotopic (exact) mass is 283 g/mol. The second-order valence-corrected chi connectivity index (χ2v) is 6.05. The molecule has 108 valence electrons. The molecule has 1 aromatic rings. The van der Waals surface area contributed by atoms with E-state index in [9.17, 15) is 4.39 Å². The molecule has 1 N–H and O–H groups in total. The number of rotatable bonds is 9. The summed E-state index contributed by atoms with van der Waals surface area (Å²) in [5.41, 5.74) is 1.09. The second-order valence-electron chi connectivity index (χ2n) is 4.91. The van der Waals surface area contributed by atoms with E-state index in [1.165, 1.54) is 24.2 Å². The van der Waals surface area contributed by atoms with Crippen molar-refractivity contribution in [3.63, 3.8) is 0 Å². The van der Waals surface area contributed by atoms with Crippen molar-refractivity contribution in [2.24, 2.45) is 0 Å². The highest BCUT2D eigenvalue weighted by molar-refractivity contribution is 7.99. The smallest absolute Gasteiger partial charge is 0.123 e. The molecule has 0 aliphatic rings. The summed E-state index contributed by atoms with van der Waals surface area (Å²) in [4.78, 5) is 1.22. The van der Waals surface area contributed by atoms with Crippen LogP contribution in [0.1, 0.15) is 58.1 Å². The van der Waals surface area contributed by atoms with Crippen LogP contribution in [0.4, 0.5) is 4.39 Å². The maximum Gasteiger partial charge on any atom is 0.123 e. The third-order valence-corrected chi connectivity index (χ3v) is 4.32. The third-order valence-electron chi connectivity index (χ3n) is 3.14. The average molecular weight is 283 g/mol. The Morgan fingerprint density at radius 1 is 1.21 bits per heavy atom. The molecule has 0 saturated carbocycles. The molecule has 0 aliphatic carbocycles. The first kappa shape index (κ1) is 16.5. The largest absolute Gasteiger partial charge is 0.310 e. The fourth-order valence-electron chi connectivity index (χ4n) is 1.99. The van der Waals surface area contributed by atoms with Crippen molar-refractivity contribution in [2.45, 2.75) is 57.4 Å². The number of benzene rings is 1. The van der Waals surface area contributed by atoms with Gasteiger partial charge < -0.3 is 5.32 Å². The summed E-state index contributed by atoms with van der Waals surface area (Å²) in [5, 5.41) is 3.44. The highest BCUT2D eigenvalue weighted by Gasteiger charge is 2.11. The second kappa shape index (κ2) is 9.38. The molecule has 0 heterocycles. The Labute approximate surface area is 121 Å². The minimum Gasteiger partial charge on any atom is -0.310 e. The summed E-state index contributed by atoms with van der Waals surface area (Å²) in [6, 6.07) is 5.38. The maximum absolute atomic E-state index is 13.4. The number of hydrogen-bond acceptors (Lipinski definition) is 2. The van der Waals surface area contributed by atoms with E-state index in [0.717, 1.165) is 24.3 Å². The summed E-state index contributed by atoms with van der Waals surface area (Å²) in [6.45, 7) is 7.44. The lowest BCUT2D eigenvalue weighted by molar-refractivity contribution is 0.554. The lowest BCUT2D eigenvalue weighted by atomic mass is 10.1. The highest BCUT2D eigenvalue weighted by atomic mass is 32.2. The predicted molar refractivity (Wildman–Crippen MR) is 83.4 cm³/mol. The number of thioether (sulfide) groups is 1. The lowest BCUT2D eigenvalue weighted by Crippen LogP contribution is -2.20. The fraction of sp³-hybridized carbons (Fsp3) is 0.625. The molecule has 0 amide bonds. The van der Waals surface area contributed by atoms with E-state index in [-0.39, 0.29) is 11.9 Å². The Bertz CT molecular complexity index is 368. The quantitative estimate of drug-likeness (QED) is 0.496. The van der Waals surface area contributed by atoms with Crippen LogP contribution in [0.3, 0.4) is 0 Å². The number of halogens is 1. The molecule has 0 radical (unpaired) electrons. The topological polar surface area (TPSA) is 12.0 Å². The van der Waals surface area contributed by atoms with Crippen LogP contribution in [-0.4, -0.2) is 12.3 Å². The molecule has 0 aromatic heterocycles. The minimum absolute atomic E-state index is 0.141. The van der Waals surface area contributed by atoms with Crippen molar-refractivity contribution in [1.29, 1.82) is 0 Å². The van der Waals surface area contributed by atoms with Crippen molar-refractivity contribution in [3.05, 3.63) is 29.6 Å². The van der Waals surface area contributed by atoms with Crippen LogP contribution in [0.25, 0.3) is 0 Å². The van der Waals surface area contributed by atoms with Crippen molar-refractivity contribution >= 4 is 11.8 Å². The van der Waals surface area contributed by atoms with Gasteiger partial charge in [-0.1, -0.05) is 26.7 Å². The standard InChI is InChI=1S/C16H26FNS/c1-4-6-7-11-19-16-9-8-14(17)12-15(16)13(3)18-10-5-2/h8-9,12-13,18H,4-7,10-11H2,1-3H3. The van der Waals surface area contributed by atoms with Gasteiger partial charge in [-0.25, -0.2) is 4.39 Å². The van der Waals surface area contributed by atoms with Crippen LogP contribution in [0, 0.1) is 5.82 Å². The van der Waals surface area contributed by atoms with Gasteiger partial charge in [-0.15, -0.1) is 11.8 Å². The molecule has 1 nitrogen and oxygen atoms in total. The average Bonchev–Trinajstić information content (AvgIpc) is 2.42. The Morgan fingerprint density at radius 2 is 2.00 bits per heavy atom. The molecule has 1 aromatic carbocycles. The first-order valence-electron chi connectivity index (χ1n) is 7.34. The van der Waals surface area contributed by atoms with Gasteiger partial charge in [-0.3, -0.25) is 0 Å². The van der Waals surface area contributed by atoms with Crippen molar-refractivity contribution in [1.82, 2.24) is 5.32 Å². The highest BCUT2D eigenvalue weighted by Crippen LogP contribution is 2.29. The van der Waals surface area contributed by atoms with Gasteiger partial charge in [0.25, 0.3) is 0 Å². The summed E-state index contributed by atoms with van der Waals surface area (Å²) in [5.74, 6) is 0.977. The lowest BCUT2D eigenvalue weighted by Gasteiger charge is -2.17. The molecular weight excluding hydrogens is 257 g/mol. The van der Waals surface area contributed by atoms with Crippen LogP contribution >= 0.6 is 11.8 Å². The van der Waals surface area contributed by atoms with Crippen molar-refractivity contribution in [3.8, 4) is 0 Å². The molecule has 1 unspecified atom stereocenters. The van der Waals surface area contributed by atoms with Gasteiger partial charge >= 0.3 is 0 Å². The van der Waals surface area contributed by atoms with Crippen molar-refractivity contribution < 1.29 is 4.39 Å². The van der Waals surface area contributed by atoms with Gasteiger partial charge in [0.2, 0.25) is 0 Å². The number of unbranched alkanes of at least 4 members (excludes halogenated alkanes) is 2. The van der Waals surface area contributed by atoms with Crippen LogP contribution in [-0.2, 0) is 0 Å². The third kappa shape index (κ3) is 5.96. The summed E-state index contributed by atoms with van der Waals surface area (Å²) >= 11 is 1.85. The van der Waals surface area contributed by atoms with E-state index in [2.05, 4.69) is 26.1 Å².